The van der Waals surface area contributed by atoms with Crippen LogP contribution in [0, 0.1) is 6.92 Å². The maximum absolute atomic E-state index is 10.9. The Bertz CT molecular complexity index is 578. The summed E-state index contributed by atoms with van der Waals surface area (Å²) in [6.45, 7) is 2.05. The van der Waals surface area contributed by atoms with Crippen LogP contribution in [-0.2, 0) is 11.2 Å². The first-order valence-electron chi connectivity index (χ1n) is 6.14. The number of primary amides is 1. The third-order valence-corrected chi connectivity index (χ3v) is 3.07. The molecule has 4 nitrogen and oxygen atoms in total. The maximum Gasteiger partial charge on any atom is 0.234 e. The third-order valence-electron chi connectivity index (χ3n) is 3.07. The fraction of sp³-hybridized carbons (Fsp3) is 0.200. The van der Waals surface area contributed by atoms with E-state index in [0.717, 1.165) is 16.8 Å². The van der Waals surface area contributed by atoms with E-state index in [2.05, 4.69) is 4.98 Å². The van der Waals surface area contributed by atoms with Gasteiger partial charge in [0.15, 0.2) is 0 Å². The quantitative estimate of drug-likeness (QED) is 0.866. The van der Waals surface area contributed by atoms with Crippen molar-refractivity contribution >= 4 is 5.91 Å². The number of nitrogens with zero attached hydrogens (tertiary/aromatic N) is 1. The lowest BCUT2D eigenvalue weighted by Gasteiger charge is -2.08. The van der Waals surface area contributed by atoms with Crippen LogP contribution >= 0.6 is 0 Å². The number of carbonyl (C=O) groups is 1. The predicted octanol–water partition coefficient (Wildman–Crippen LogP) is 1.41. The van der Waals surface area contributed by atoms with Crippen LogP contribution in [0.2, 0.25) is 0 Å². The van der Waals surface area contributed by atoms with Gasteiger partial charge in [0.05, 0.1) is 11.7 Å². The molecule has 0 fully saturated rings. The number of hydrogen-bond donors (Lipinski definition) is 2. The van der Waals surface area contributed by atoms with Crippen LogP contribution in [0.5, 0.6) is 0 Å². The average Bonchev–Trinajstić information content (AvgIpc) is 2.40. The zero-order valence-electron chi connectivity index (χ0n) is 10.8. The van der Waals surface area contributed by atoms with Crippen molar-refractivity contribution in [3.63, 3.8) is 0 Å². The van der Waals surface area contributed by atoms with Crippen LogP contribution in [0.1, 0.15) is 11.1 Å². The monoisotopic (exact) mass is 255 g/mol. The molecule has 0 saturated heterocycles. The molecule has 0 saturated carbocycles. The molecule has 0 spiro atoms. The molecule has 1 amide bonds. The lowest BCUT2D eigenvalue weighted by Crippen LogP contribution is -2.38. The van der Waals surface area contributed by atoms with E-state index in [4.69, 9.17) is 11.5 Å². The van der Waals surface area contributed by atoms with Crippen molar-refractivity contribution in [2.45, 2.75) is 19.4 Å². The molecule has 1 atom stereocenters. The van der Waals surface area contributed by atoms with Gasteiger partial charge in [0.25, 0.3) is 0 Å². The maximum atomic E-state index is 10.9. The fourth-order valence-corrected chi connectivity index (χ4v) is 1.92. The Kier molecular flexibility index (Phi) is 3.92. The summed E-state index contributed by atoms with van der Waals surface area (Å²) < 4.78 is 0. The van der Waals surface area contributed by atoms with Gasteiger partial charge in [-0.1, -0.05) is 30.3 Å². The van der Waals surface area contributed by atoms with E-state index in [1.165, 1.54) is 5.56 Å². The highest BCUT2D eigenvalue weighted by Crippen LogP contribution is 2.21. The highest BCUT2D eigenvalue weighted by molar-refractivity contribution is 5.79. The second kappa shape index (κ2) is 5.63. The van der Waals surface area contributed by atoms with Crippen molar-refractivity contribution in [1.29, 1.82) is 0 Å². The number of carbonyl (C=O) groups excluding carboxylic acids is 1. The number of pyridine rings is 1. The van der Waals surface area contributed by atoms with Crippen LogP contribution in [0.4, 0.5) is 0 Å². The molecular weight excluding hydrogens is 238 g/mol. The minimum absolute atomic E-state index is 0.413. The Morgan fingerprint density at radius 3 is 2.58 bits per heavy atom. The highest BCUT2D eigenvalue weighted by atomic mass is 16.1. The molecule has 1 aromatic carbocycles. The molecular formula is C15H17N3O. The summed E-state index contributed by atoms with van der Waals surface area (Å²) in [5.74, 6) is -0.497. The lowest BCUT2D eigenvalue weighted by molar-refractivity contribution is -0.119. The standard InChI is InChI=1S/C15H17N3O/c1-10-4-2-3-5-12(10)14-7-6-11(9-18-14)8-13(16)15(17)19/h2-7,9,13H,8,16H2,1H3,(H2,17,19)/t13-/m0/s1. The number of rotatable bonds is 4. The molecule has 1 heterocycles. The summed E-state index contributed by atoms with van der Waals surface area (Å²) in [6.07, 6.45) is 2.15. The first-order chi connectivity index (χ1) is 9.08. The zero-order chi connectivity index (χ0) is 13.8. The molecule has 0 bridgehead atoms. The summed E-state index contributed by atoms with van der Waals surface area (Å²) in [7, 11) is 0. The van der Waals surface area contributed by atoms with Crippen LogP contribution in [0.3, 0.4) is 0 Å². The molecule has 0 aliphatic heterocycles. The Labute approximate surface area is 112 Å². The molecule has 0 unspecified atom stereocenters. The van der Waals surface area contributed by atoms with E-state index in [-0.39, 0.29) is 0 Å². The average molecular weight is 255 g/mol. The van der Waals surface area contributed by atoms with Gasteiger partial charge in [-0.25, -0.2) is 0 Å². The van der Waals surface area contributed by atoms with Gasteiger partial charge in [0, 0.05) is 11.8 Å². The molecule has 19 heavy (non-hydrogen) atoms. The Hall–Kier alpha value is -2.20. The Morgan fingerprint density at radius 2 is 2.00 bits per heavy atom. The lowest BCUT2D eigenvalue weighted by atomic mass is 10.0. The summed E-state index contributed by atoms with van der Waals surface area (Å²) >= 11 is 0. The van der Waals surface area contributed by atoms with Crippen LogP contribution < -0.4 is 11.5 Å². The van der Waals surface area contributed by atoms with Gasteiger partial charge in [-0.05, 0) is 30.5 Å². The summed E-state index contributed by atoms with van der Waals surface area (Å²) in [5, 5.41) is 0. The van der Waals surface area contributed by atoms with Crippen molar-refractivity contribution in [3.05, 3.63) is 53.7 Å². The molecule has 4 N–H and O–H groups in total. The van der Waals surface area contributed by atoms with Crippen molar-refractivity contribution < 1.29 is 4.79 Å². The number of aromatic nitrogens is 1. The second-order valence-electron chi connectivity index (χ2n) is 4.58. The number of amides is 1. The Balaban J connectivity index is 2.19. The van der Waals surface area contributed by atoms with Gasteiger partial charge in [-0.3, -0.25) is 9.78 Å². The smallest absolute Gasteiger partial charge is 0.234 e. The first kappa shape index (κ1) is 13.2. The van der Waals surface area contributed by atoms with Crippen molar-refractivity contribution in [2.75, 3.05) is 0 Å². The molecule has 2 aromatic rings. The van der Waals surface area contributed by atoms with E-state index in [1.807, 2.05) is 43.3 Å². The summed E-state index contributed by atoms with van der Waals surface area (Å²) in [5.41, 5.74) is 14.9. The zero-order valence-corrected chi connectivity index (χ0v) is 10.8. The number of benzene rings is 1. The first-order valence-corrected chi connectivity index (χ1v) is 6.14. The normalized spacial score (nSPS) is 12.1. The van der Waals surface area contributed by atoms with Gasteiger partial charge in [0.2, 0.25) is 5.91 Å². The third kappa shape index (κ3) is 3.17. The molecule has 1 aromatic heterocycles. The Morgan fingerprint density at radius 1 is 1.26 bits per heavy atom. The minimum Gasteiger partial charge on any atom is -0.368 e. The number of aryl methyl sites for hydroxylation is 1. The summed E-state index contributed by atoms with van der Waals surface area (Å²) in [4.78, 5) is 15.3. The van der Waals surface area contributed by atoms with Crippen molar-refractivity contribution in [1.82, 2.24) is 4.98 Å². The predicted molar refractivity (Wildman–Crippen MR) is 75.3 cm³/mol. The molecule has 2 rings (SSSR count). The van der Waals surface area contributed by atoms with Crippen molar-refractivity contribution in [2.24, 2.45) is 11.5 Å². The van der Waals surface area contributed by atoms with E-state index >= 15 is 0 Å². The van der Waals surface area contributed by atoms with E-state index in [0.29, 0.717) is 6.42 Å². The van der Waals surface area contributed by atoms with Gasteiger partial charge >= 0.3 is 0 Å². The van der Waals surface area contributed by atoms with Crippen LogP contribution in [-0.4, -0.2) is 16.9 Å². The summed E-state index contributed by atoms with van der Waals surface area (Å²) in [6, 6.07) is 11.3. The molecule has 98 valence electrons. The topological polar surface area (TPSA) is 82.0 Å². The van der Waals surface area contributed by atoms with Gasteiger partial charge in [-0.15, -0.1) is 0 Å². The second-order valence-corrected chi connectivity index (χ2v) is 4.58. The minimum atomic E-state index is -0.661. The fourth-order valence-electron chi connectivity index (χ4n) is 1.92. The van der Waals surface area contributed by atoms with Crippen LogP contribution in [0.15, 0.2) is 42.6 Å². The van der Waals surface area contributed by atoms with Crippen LogP contribution in [0.25, 0.3) is 11.3 Å². The highest BCUT2D eigenvalue weighted by Gasteiger charge is 2.10. The number of hydrogen-bond acceptors (Lipinski definition) is 3. The molecule has 0 aliphatic carbocycles. The van der Waals surface area contributed by atoms with Gasteiger partial charge in [0.1, 0.15) is 0 Å². The largest absolute Gasteiger partial charge is 0.368 e. The molecule has 0 aliphatic rings. The van der Waals surface area contributed by atoms with Gasteiger partial charge < -0.3 is 11.5 Å². The van der Waals surface area contributed by atoms with E-state index < -0.39 is 11.9 Å². The van der Waals surface area contributed by atoms with E-state index in [9.17, 15) is 4.79 Å². The van der Waals surface area contributed by atoms with Gasteiger partial charge in [-0.2, -0.15) is 0 Å². The molecule has 4 heteroatoms. The molecule has 0 radical (unpaired) electrons. The van der Waals surface area contributed by atoms with E-state index in [1.54, 1.807) is 6.20 Å². The SMILES string of the molecule is Cc1ccccc1-c1ccc(C[C@H](N)C(N)=O)cn1. The number of nitrogens with two attached hydrogens (primary N) is 2. The van der Waals surface area contributed by atoms with Crippen molar-refractivity contribution in [3.8, 4) is 11.3 Å².